The summed E-state index contributed by atoms with van der Waals surface area (Å²) in [6.45, 7) is 4.22. The van der Waals surface area contributed by atoms with E-state index in [1.165, 1.54) is 6.07 Å². The van der Waals surface area contributed by atoms with Gasteiger partial charge in [0, 0.05) is 6.07 Å². The summed E-state index contributed by atoms with van der Waals surface area (Å²) < 4.78 is 5.49. The van der Waals surface area contributed by atoms with Crippen LogP contribution in [0.4, 0.5) is 5.69 Å². The van der Waals surface area contributed by atoms with Crippen LogP contribution in [0.25, 0.3) is 0 Å². The van der Waals surface area contributed by atoms with Gasteiger partial charge < -0.3 is 4.74 Å². The molecule has 0 saturated heterocycles. The number of benzene rings is 1. The van der Waals surface area contributed by atoms with Gasteiger partial charge in [-0.05, 0) is 24.2 Å². The fraction of sp³-hybridized carbons (Fsp3) is 0.455. The Balaban J connectivity index is 2.88. The zero-order valence-corrected chi connectivity index (χ0v) is 10.2. The number of nitrogens with zero attached hydrogens (tertiary/aromatic N) is 1. The van der Waals surface area contributed by atoms with Crippen LogP contribution in [-0.2, 0) is 0 Å². The zero-order valence-electron chi connectivity index (χ0n) is 9.34. The van der Waals surface area contributed by atoms with Crippen molar-refractivity contribution >= 4 is 18.3 Å². The van der Waals surface area contributed by atoms with Crippen molar-refractivity contribution in [2.45, 2.75) is 13.8 Å². The average molecular weight is 241 g/mol. The SMILES string of the molecule is Cc1cccc([N+](=O)[O-])c1OCC(C)CS. The molecule has 0 N–H and O–H groups in total. The van der Waals surface area contributed by atoms with Gasteiger partial charge in [-0.15, -0.1) is 0 Å². The maximum Gasteiger partial charge on any atom is 0.311 e. The first-order valence-corrected chi connectivity index (χ1v) is 5.67. The Morgan fingerprint density at radius 3 is 2.81 bits per heavy atom. The molecule has 1 unspecified atom stereocenters. The molecule has 0 radical (unpaired) electrons. The van der Waals surface area contributed by atoms with Gasteiger partial charge in [-0.2, -0.15) is 12.6 Å². The van der Waals surface area contributed by atoms with Gasteiger partial charge in [-0.3, -0.25) is 10.1 Å². The highest BCUT2D eigenvalue weighted by molar-refractivity contribution is 7.80. The fourth-order valence-electron chi connectivity index (χ4n) is 1.25. The summed E-state index contributed by atoms with van der Waals surface area (Å²) in [5.74, 6) is 1.32. The van der Waals surface area contributed by atoms with Crippen LogP contribution < -0.4 is 4.74 Å². The smallest absolute Gasteiger partial charge is 0.311 e. The number of aryl methyl sites for hydroxylation is 1. The number of nitro benzene ring substituents is 1. The Morgan fingerprint density at radius 1 is 1.56 bits per heavy atom. The molecule has 0 bridgehead atoms. The van der Waals surface area contributed by atoms with Crippen molar-refractivity contribution in [1.29, 1.82) is 0 Å². The molecule has 4 nitrogen and oxygen atoms in total. The second-order valence-electron chi connectivity index (χ2n) is 3.78. The molecule has 0 aromatic heterocycles. The van der Waals surface area contributed by atoms with Gasteiger partial charge in [0.2, 0.25) is 0 Å². The Morgan fingerprint density at radius 2 is 2.25 bits per heavy atom. The number of nitro groups is 1. The lowest BCUT2D eigenvalue weighted by atomic mass is 10.2. The number of para-hydroxylation sites is 1. The number of thiol groups is 1. The van der Waals surface area contributed by atoms with E-state index in [1.54, 1.807) is 19.1 Å². The molecular weight excluding hydrogens is 226 g/mol. The molecule has 1 aromatic rings. The van der Waals surface area contributed by atoms with Crippen LogP contribution in [0.2, 0.25) is 0 Å². The molecular formula is C11H15NO3S. The molecule has 0 aliphatic rings. The lowest BCUT2D eigenvalue weighted by molar-refractivity contribution is -0.386. The van der Waals surface area contributed by atoms with E-state index in [-0.39, 0.29) is 11.6 Å². The number of hydrogen-bond donors (Lipinski definition) is 1. The maximum absolute atomic E-state index is 10.8. The normalized spacial score (nSPS) is 12.2. The van der Waals surface area contributed by atoms with E-state index in [1.807, 2.05) is 6.92 Å². The van der Waals surface area contributed by atoms with Gasteiger partial charge in [0.05, 0.1) is 11.5 Å². The summed E-state index contributed by atoms with van der Waals surface area (Å²) in [6.07, 6.45) is 0. The topological polar surface area (TPSA) is 52.4 Å². The quantitative estimate of drug-likeness (QED) is 0.490. The number of ether oxygens (including phenoxy) is 1. The first-order valence-electron chi connectivity index (χ1n) is 5.04. The van der Waals surface area contributed by atoms with Crippen LogP contribution in [0.1, 0.15) is 12.5 Å². The molecule has 5 heteroatoms. The third-order valence-electron chi connectivity index (χ3n) is 2.21. The Kier molecular flexibility index (Phi) is 4.61. The van der Waals surface area contributed by atoms with E-state index >= 15 is 0 Å². The molecule has 0 fully saturated rings. The van der Waals surface area contributed by atoms with E-state index in [0.29, 0.717) is 18.1 Å². The summed E-state index contributed by atoms with van der Waals surface area (Å²) in [4.78, 5) is 10.4. The fourth-order valence-corrected chi connectivity index (χ4v) is 1.35. The van der Waals surface area contributed by atoms with Crippen molar-refractivity contribution in [2.24, 2.45) is 5.92 Å². The summed E-state index contributed by atoms with van der Waals surface area (Å²) in [5, 5.41) is 10.8. The number of hydrogen-bond acceptors (Lipinski definition) is 4. The zero-order chi connectivity index (χ0) is 12.1. The van der Waals surface area contributed by atoms with E-state index in [0.717, 1.165) is 5.56 Å². The highest BCUT2D eigenvalue weighted by atomic mass is 32.1. The van der Waals surface area contributed by atoms with Gasteiger partial charge >= 0.3 is 5.69 Å². The lowest BCUT2D eigenvalue weighted by Crippen LogP contribution is -2.11. The molecule has 0 saturated carbocycles. The van der Waals surface area contributed by atoms with Crippen molar-refractivity contribution in [1.82, 2.24) is 0 Å². The van der Waals surface area contributed by atoms with Crippen LogP contribution in [0.15, 0.2) is 18.2 Å². The molecule has 0 spiro atoms. The molecule has 1 rings (SSSR count). The van der Waals surface area contributed by atoms with Gasteiger partial charge in [0.1, 0.15) is 0 Å². The molecule has 0 aliphatic heterocycles. The second-order valence-corrected chi connectivity index (χ2v) is 4.14. The van der Waals surface area contributed by atoms with Gasteiger partial charge in [-0.1, -0.05) is 19.1 Å². The lowest BCUT2D eigenvalue weighted by Gasteiger charge is -2.12. The minimum atomic E-state index is -0.423. The predicted molar refractivity (Wildman–Crippen MR) is 66.3 cm³/mol. The standard InChI is InChI=1S/C11H15NO3S/c1-8(7-16)6-15-11-9(2)4-3-5-10(11)12(13)14/h3-5,8,16H,6-7H2,1-2H3. The molecule has 16 heavy (non-hydrogen) atoms. The van der Waals surface area contributed by atoms with E-state index in [2.05, 4.69) is 12.6 Å². The monoisotopic (exact) mass is 241 g/mol. The third-order valence-corrected chi connectivity index (χ3v) is 2.84. The highest BCUT2D eigenvalue weighted by Crippen LogP contribution is 2.30. The van der Waals surface area contributed by atoms with Crippen molar-refractivity contribution in [2.75, 3.05) is 12.4 Å². The Hall–Kier alpha value is -1.23. The predicted octanol–water partition coefficient (Wildman–Crippen LogP) is 2.85. The molecule has 0 amide bonds. The molecule has 0 aliphatic carbocycles. The van der Waals surface area contributed by atoms with Crippen molar-refractivity contribution in [3.05, 3.63) is 33.9 Å². The minimum Gasteiger partial charge on any atom is -0.486 e. The average Bonchev–Trinajstić information content (AvgIpc) is 2.26. The first kappa shape index (κ1) is 12.8. The molecule has 1 atom stereocenters. The maximum atomic E-state index is 10.8. The van der Waals surface area contributed by atoms with Crippen LogP contribution in [0, 0.1) is 23.0 Å². The van der Waals surface area contributed by atoms with E-state index < -0.39 is 4.92 Å². The van der Waals surface area contributed by atoms with Crippen LogP contribution >= 0.6 is 12.6 Å². The van der Waals surface area contributed by atoms with Gasteiger partial charge in [0.25, 0.3) is 0 Å². The van der Waals surface area contributed by atoms with Gasteiger partial charge in [-0.25, -0.2) is 0 Å². The third kappa shape index (κ3) is 3.13. The van der Waals surface area contributed by atoms with Crippen LogP contribution in [0.5, 0.6) is 5.75 Å². The minimum absolute atomic E-state index is 0.0198. The Bertz CT molecular complexity index is 381. The summed E-state index contributed by atoms with van der Waals surface area (Å²) >= 11 is 4.14. The largest absolute Gasteiger partial charge is 0.486 e. The molecule has 0 heterocycles. The van der Waals surface area contributed by atoms with Crippen LogP contribution in [-0.4, -0.2) is 17.3 Å². The van der Waals surface area contributed by atoms with Crippen molar-refractivity contribution in [3.8, 4) is 5.75 Å². The second kappa shape index (κ2) is 5.75. The highest BCUT2D eigenvalue weighted by Gasteiger charge is 2.17. The van der Waals surface area contributed by atoms with Crippen LogP contribution in [0.3, 0.4) is 0 Å². The molecule has 88 valence electrons. The molecule has 1 aromatic carbocycles. The summed E-state index contributed by atoms with van der Waals surface area (Å²) in [6, 6.07) is 4.91. The van der Waals surface area contributed by atoms with Crippen molar-refractivity contribution < 1.29 is 9.66 Å². The van der Waals surface area contributed by atoms with E-state index in [4.69, 9.17) is 4.74 Å². The van der Waals surface area contributed by atoms with Crippen molar-refractivity contribution in [3.63, 3.8) is 0 Å². The number of rotatable bonds is 5. The van der Waals surface area contributed by atoms with E-state index in [9.17, 15) is 10.1 Å². The Labute approximate surface area is 100 Å². The summed E-state index contributed by atoms with van der Waals surface area (Å²) in [7, 11) is 0. The van der Waals surface area contributed by atoms with Gasteiger partial charge in [0.15, 0.2) is 5.75 Å². The summed E-state index contributed by atoms with van der Waals surface area (Å²) in [5.41, 5.74) is 0.798. The first-order chi connectivity index (χ1) is 7.56.